The van der Waals surface area contributed by atoms with Crippen LogP contribution in [-0.4, -0.2) is 26.3 Å². The van der Waals surface area contributed by atoms with Gasteiger partial charge in [0.2, 0.25) is 0 Å². The van der Waals surface area contributed by atoms with Gasteiger partial charge in [0, 0.05) is 13.0 Å². The third kappa shape index (κ3) is 6.81. The summed E-state index contributed by atoms with van der Waals surface area (Å²) in [4.78, 5) is 10.4. The van der Waals surface area contributed by atoms with Gasteiger partial charge in [0.25, 0.3) is 0 Å². The van der Waals surface area contributed by atoms with E-state index in [2.05, 4.69) is 4.74 Å². The number of esters is 1. The maximum atomic E-state index is 10.4. The van der Waals surface area contributed by atoms with Crippen molar-refractivity contribution in [1.29, 1.82) is 5.26 Å². The molecule has 0 atom stereocenters. The van der Waals surface area contributed by atoms with Crippen LogP contribution in [0.3, 0.4) is 0 Å². The lowest BCUT2D eigenvalue weighted by molar-refractivity contribution is -0.145. The topological polar surface area (TPSA) is 59.3 Å². The zero-order valence-corrected chi connectivity index (χ0v) is 6.50. The second-order valence-electron chi connectivity index (χ2n) is 1.89. The number of hydrogen-bond donors (Lipinski definition) is 0. The second kappa shape index (κ2) is 7.03. The van der Waals surface area contributed by atoms with Gasteiger partial charge in [0.1, 0.15) is 6.61 Å². The highest BCUT2D eigenvalue weighted by Crippen LogP contribution is 1.87. The van der Waals surface area contributed by atoms with Crippen LogP contribution in [0.5, 0.6) is 0 Å². The summed E-state index contributed by atoms with van der Waals surface area (Å²) in [7, 11) is 1.31. The number of carbonyl (C=O) groups is 1. The number of unbranched alkanes of at least 4 members (excludes halogenated alkanes) is 1. The van der Waals surface area contributed by atoms with E-state index in [9.17, 15) is 4.79 Å². The Morgan fingerprint density at radius 2 is 2.36 bits per heavy atom. The number of hydrogen-bond acceptors (Lipinski definition) is 4. The molecular weight excluding hydrogens is 146 g/mol. The van der Waals surface area contributed by atoms with Crippen molar-refractivity contribution in [1.82, 2.24) is 0 Å². The molecule has 0 aromatic heterocycles. The van der Waals surface area contributed by atoms with E-state index >= 15 is 0 Å². The predicted molar refractivity (Wildman–Crippen MR) is 37.7 cm³/mol. The molecule has 0 spiro atoms. The van der Waals surface area contributed by atoms with Crippen LogP contribution in [0, 0.1) is 11.3 Å². The van der Waals surface area contributed by atoms with E-state index < -0.39 is 0 Å². The van der Waals surface area contributed by atoms with Crippen LogP contribution in [-0.2, 0) is 14.3 Å². The first kappa shape index (κ1) is 9.92. The van der Waals surface area contributed by atoms with E-state index in [0.717, 1.165) is 0 Å². The first-order valence-electron chi connectivity index (χ1n) is 3.32. The Labute approximate surface area is 65.7 Å². The molecule has 0 amide bonds. The Hall–Kier alpha value is -1.08. The van der Waals surface area contributed by atoms with E-state index in [0.29, 0.717) is 19.4 Å². The zero-order valence-electron chi connectivity index (χ0n) is 6.50. The van der Waals surface area contributed by atoms with Crippen LogP contribution >= 0.6 is 0 Å². The van der Waals surface area contributed by atoms with Crippen molar-refractivity contribution in [3.63, 3.8) is 0 Å². The average Bonchev–Trinajstić information content (AvgIpc) is 2.04. The molecule has 0 unspecified atom stereocenters. The molecule has 0 aliphatic heterocycles. The minimum Gasteiger partial charge on any atom is -0.467 e. The SMILES string of the molecule is COC(=O)COCCCC#N. The molecule has 0 N–H and O–H groups in total. The standard InChI is InChI=1S/C7H11NO3/c1-10-7(9)6-11-5-3-2-4-8/h2-3,5-6H2,1H3. The third-order valence-corrected chi connectivity index (χ3v) is 1.02. The Kier molecular flexibility index (Phi) is 6.34. The molecule has 4 heteroatoms. The molecule has 0 radical (unpaired) electrons. The van der Waals surface area contributed by atoms with E-state index in [-0.39, 0.29) is 12.6 Å². The molecule has 0 fully saturated rings. The largest absolute Gasteiger partial charge is 0.467 e. The van der Waals surface area contributed by atoms with Gasteiger partial charge in [-0.3, -0.25) is 0 Å². The number of ether oxygens (including phenoxy) is 2. The molecule has 0 aliphatic carbocycles. The number of carbonyl (C=O) groups excluding carboxylic acids is 1. The second-order valence-corrected chi connectivity index (χ2v) is 1.89. The van der Waals surface area contributed by atoms with Crippen LogP contribution in [0.4, 0.5) is 0 Å². The summed E-state index contributed by atoms with van der Waals surface area (Å²) in [5.41, 5.74) is 0. The smallest absolute Gasteiger partial charge is 0.331 e. The Morgan fingerprint density at radius 1 is 1.64 bits per heavy atom. The highest BCUT2D eigenvalue weighted by Gasteiger charge is 1.97. The number of nitriles is 1. The van der Waals surface area contributed by atoms with Gasteiger partial charge in [-0.05, 0) is 6.42 Å². The molecule has 4 nitrogen and oxygen atoms in total. The molecule has 0 aliphatic rings. The van der Waals surface area contributed by atoms with Crippen molar-refractivity contribution in [2.24, 2.45) is 0 Å². The quantitative estimate of drug-likeness (QED) is 0.430. The van der Waals surface area contributed by atoms with Crippen molar-refractivity contribution in [2.45, 2.75) is 12.8 Å². The van der Waals surface area contributed by atoms with Gasteiger partial charge in [-0.2, -0.15) is 5.26 Å². The third-order valence-electron chi connectivity index (χ3n) is 1.02. The van der Waals surface area contributed by atoms with Gasteiger partial charge in [-0.25, -0.2) is 4.79 Å². The number of methoxy groups -OCH3 is 1. The maximum absolute atomic E-state index is 10.4. The van der Waals surface area contributed by atoms with Gasteiger partial charge in [0.05, 0.1) is 13.2 Å². The summed E-state index contributed by atoms with van der Waals surface area (Å²) in [5, 5.41) is 8.12. The Balaban J connectivity index is 3.03. The van der Waals surface area contributed by atoms with Crippen molar-refractivity contribution in [3.8, 4) is 6.07 Å². The monoisotopic (exact) mass is 157 g/mol. The van der Waals surface area contributed by atoms with Crippen molar-refractivity contribution >= 4 is 5.97 Å². The first-order valence-corrected chi connectivity index (χ1v) is 3.32. The number of nitrogens with zero attached hydrogens (tertiary/aromatic N) is 1. The molecule has 0 aromatic carbocycles. The lowest BCUT2D eigenvalue weighted by Crippen LogP contribution is -2.10. The van der Waals surface area contributed by atoms with Gasteiger partial charge < -0.3 is 9.47 Å². The molecule has 0 bridgehead atoms. The summed E-state index contributed by atoms with van der Waals surface area (Å²) in [5.74, 6) is -0.387. The predicted octanol–water partition coefficient (Wildman–Crippen LogP) is 0.480. The van der Waals surface area contributed by atoms with E-state index in [4.69, 9.17) is 10.00 Å². The van der Waals surface area contributed by atoms with E-state index in [1.54, 1.807) is 0 Å². The summed E-state index contributed by atoms with van der Waals surface area (Å²) >= 11 is 0. The fourth-order valence-corrected chi connectivity index (χ4v) is 0.468. The summed E-state index contributed by atoms with van der Waals surface area (Å²) < 4.78 is 9.19. The lowest BCUT2D eigenvalue weighted by atomic mass is 10.3. The fraction of sp³-hybridized carbons (Fsp3) is 0.714. The molecule has 0 heterocycles. The number of rotatable bonds is 5. The zero-order chi connectivity index (χ0) is 8.53. The molecule has 11 heavy (non-hydrogen) atoms. The normalized spacial score (nSPS) is 8.73. The van der Waals surface area contributed by atoms with Crippen LogP contribution in [0.2, 0.25) is 0 Å². The van der Waals surface area contributed by atoms with Gasteiger partial charge in [-0.15, -0.1) is 0 Å². The maximum Gasteiger partial charge on any atom is 0.331 e. The van der Waals surface area contributed by atoms with Gasteiger partial charge in [-0.1, -0.05) is 0 Å². The van der Waals surface area contributed by atoms with Crippen molar-refractivity contribution in [3.05, 3.63) is 0 Å². The van der Waals surface area contributed by atoms with Crippen LogP contribution < -0.4 is 0 Å². The van der Waals surface area contributed by atoms with Gasteiger partial charge >= 0.3 is 5.97 Å². The molecule has 0 aromatic rings. The summed E-state index contributed by atoms with van der Waals surface area (Å²) in [6.07, 6.45) is 1.12. The molecular formula is C7H11NO3. The van der Waals surface area contributed by atoms with Crippen molar-refractivity contribution in [2.75, 3.05) is 20.3 Å². The Bertz CT molecular complexity index is 150. The minimum absolute atomic E-state index is 0.0259. The first-order chi connectivity index (χ1) is 5.31. The van der Waals surface area contributed by atoms with Gasteiger partial charge in [0.15, 0.2) is 0 Å². The molecule has 62 valence electrons. The summed E-state index contributed by atoms with van der Waals surface area (Å²) in [6.45, 7) is 0.407. The molecule has 0 saturated carbocycles. The highest BCUT2D eigenvalue weighted by molar-refractivity contribution is 5.70. The van der Waals surface area contributed by atoms with Crippen LogP contribution in [0.1, 0.15) is 12.8 Å². The average molecular weight is 157 g/mol. The Morgan fingerprint density at radius 3 is 2.91 bits per heavy atom. The van der Waals surface area contributed by atoms with E-state index in [1.165, 1.54) is 7.11 Å². The van der Waals surface area contributed by atoms with Crippen LogP contribution in [0.15, 0.2) is 0 Å². The minimum atomic E-state index is -0.387. The van der Waals surface area contributed by atoms with Crippen molar-refractivity contribution < 1.29 is 14.3 Å². The van der Waals surface area contributed by atoms with E-state index in [1.807, 2.05) is 6.07 Å². The fourth-order valence-electron chi connectivity index (χ4n) is 0.468. The molecule has 0 saturated heterocycles. The van der Waals surface area contributed by atoms with Crippen LogP contribution in [0.25, 0.3) is 0 Å². The lowest BCUT2D eigenvalue weighted by Gasteiger charge is -1.99. The summed E-state index contributed by atoms with van der Waals surface area (Å²) in [6, 6.07) is 1.97. The molecule has 0 rings (SSSR count). The highest BCUT2D eigenvalue weighted by atomic mass is 16.6.